The average molecular weight is 214 g/mol. The number of aliphatic imine (C=N–C) groups is 1. The lowest BCUT2D eigenvalue weighted by Gasteiger charge is -2.22. The molecule has 2 atom stereocenters. The summed E-state index contributed by atoms with van der Waals surface area (Å²) in [7, 11) is 0. The summed E-state index contributed by atoms with van der Waals surface area (Å²) in [4.78, 5) is 4.62. The van der Waals surface area contributed by atoms with Crippen molar-refractivity contribution in [3.05, 3.63) is 0 Å². The van der Waals surface area contributed by atoms with Crippen LogP contribution in [0.5, 0.6) is 0 Å². The summed E-state index contributed by atoms with van der Waals surface area (Å²) >= 11 is 1.86. The van der Waals surface area contributed by atoms with Crippen molar-refractivity contribution in [1.29, 1.82) is 0 Å². The van der Waals surface area contributed by atoms with E-state index in [2.05, 4.69) is 38.0 Å². The highest BCUT2D eigenvalue weighted by Crippen LogP contribution is 2.15. The first kappa shape index (κ1) is 11.9. The minimum atomic E-state index is 0.601. The highest BCUT2D eigenvalue weighted by molar-refractivity contribution is 8.13. The molecule has 0 aromatic heterocycles. The molecular weight excluding hydrogens is 192 g/mol. The molecule has 0 aliphatic carbocycles. The van der Waals surface area contributed by atoms with E-state index >= 15 is 0 Å². The number of hydrogen-bond acceptors (Lipinski definition) is 2. The molecule has 0 amide bonds. The molecule has 0 spiro atoms. The van der Waals surface area contributed by atoms with Gasteiger partial charge in [0, 0.05) is 18.3 Å². The van der Waals surface area contributed by atoms with Crippen molar-refractivity contribution in [2.45, 2.75) is 40.2 Å². The van der Waals surface area contributed by atoms with Crippen molar-refractivity contribution in [3.8, 4) is 0 Å². The summed E-state index contributed by atoms with van der Waals surface area (Å²) in [5.41, 5.74) is 0. The average Bonchev–Trinajstić information content (AvgIpc) is 2.14. The molecule has 14 heavy (non-hydrogen) atoms. The van der Waals surface area contributed by atoms with Gasteiger partial charge in [-0.15, -0.1) is 0 Å². The van der Waals surface area contributed by atoms with Gasteiger partial charge in [0.15, 0.2) is 5.17 Å². The predicted octanol–water partition coefficient (Wildman–Crippen LogP) is 2.75. The van der Waals surface area contributed by atoms with Gasteiger partial charge in [-0.3, -0.25) is 4.99 Å². The highest BCUT2D eigenvalue weighted by atomic mass is 32.2. The van der Waals surface area contributed by atoms with Crippen LogP contribution in [0.15, 0.2) is 4.99 Å². The van der Waals surface area contributed by atoms with Gasteiger partial charge in [-0.2, -0.15) is 0 Å². The van der Waals surface area contributed by atoms with Crippen LogP contribution in [0.3, 0.4) is 0 Å². The minimum Gasteiger partial charge on any atom is -0.362 e. The Morgan fingerprint density at radius 3 is 2.79 bits per heavy atom. The molecule has 0 aromatic carbocycles. The zero-order chi connectivity index (χ0) is 10.6. The fourth-order valence-electron chi connectivity index (χ4n) is 1.19. The zero-order valence-corrected chi connectivity index (χ0v) is 10.5. The molecule has 1 aliphatic heterocycles. The fourth-order valence-corrected chi connectivity index (χ4v) is 2.30. The van der Waals surface area contributed by atoms with Crippen LogP contribution in [-0.2, 0) is 0 Å². The molecule has 0 saturated carbocycles. The lowest BCUT2D eigenvalue weighted by molar-refractivity contribution is 0.430. The summed E-state index contributed by atoms with van der Waals surface area (Å²) in [6.07, 6.45) is 1.25. The van der Waals surface area contributed by atoms with Crippen LogP contribution in [0.2, 0.25) is 0 Å². The van der Waals surface area contributed by atoms with Crippen LogP contribution in [0.1, 0.15) is 34.1 Å². The topological polar surface area (TPSA) is 24.4 Å². The predicted molar refractivity (Wildman–Crippen MR) is 66.0 cm³/mol. The summed E-state index contributed by atoms with van der Waals surface area (Å²) in [6.45, 7) is 9.97. The van der Waals surface area contributed by atoms with Gasteiger partial charge in [0.2, 0.25) is 0 Å². The number of amidine groups is 1. The van der Waals surface area contributed by atoms with Gasteiger partial charge in [0.1, 0.15) is 0 Å². The van der Waals surface area contributed by atoms with Crippen molar-refractivity contribution >= 4 is 16.9 Å². The van der Waals surface area contributed by atoms with Crippen molar-refractivity contribution in [2.24, 2.45) is 16.8 Å². The second-order valence-electron chi connectivity index (χ2n) is 4.55. The maximum Gasteiger partial charge on any atom is 0.156 e. The summed E-state index contributed by atoms with van der Waals surface area (Å²) in [5, 5.41) is 4.57. The second kappa shape index (κ2) is 5.64. The molecule has 1 fully saturated rings. The van der Waals surface area contributed by atoms with Gasteiger partial charge < -0.3 is 5.32 Å². The van der Waals surface area contributed by atoms with Gasteiger partial charge in [-0.25, -0.2) is 0 Å². The van der Waals surface area contributed by atoms with Crippen LogP contribution in [0, 0.1) is 11.8 Å². The molecule has 0 aromatic rings. The Morgan fingerprint density at radius 2 is 2.21 bits per heavy atom. The van der Waals surface area contributed by atoms with E-state index in [0.717, 1.165) is 17.6 Å². The first-order valence-electron chi connectivity index (χ1n) is 5.53. The van der Waals surface area contributed by atoms with E-state index in [9.17, 15) is 0 Å². The third-order valence-electron chi connectivity index (χ3n) is 2.82. The SMILES string of the molecule is CC1CCSC(=NCC(C)C(C)C)N1. The molecule has 2 unspecified atom stereocenters. The monoisotopic (exact) mass is 214 g/mol. The Bertz CT molecular complexity index is 201. The Labute approximate surface area is 92.0 Å². The van der Waals surface area contributed by atoms with Crippen LogP contribution < -0.4 is 5.32 Å². The molecule has 1 rings (SSSR count). The smallest absolute Gasteiger partial charge is 0.156 e. The molecule has 0 radical (unpaired) electrons. The molecule has 3 heteroatoms. The Hall–Kier alpha value is -0.180. The van der Waals surface area contributed by atoms with Gasteiger partial charge in [0.05, 0.1) is 0 Å². The van der Waals surface area contributed by atoms with Crippen molar-refractivity contribution in [2.75, 3.05) is 12.3 Å². The van der Waals surface area contributed by atoms with E-state index < -0.39 is 0 Å². The number of thioether (sulfide) groups is 1. The van der Waals surface area contributed by atoms with Crippen LogP contribution >= 0.6 is 11.8 Å². The lowest BCUT2D eigenvalue weighted by Crippen LogP contribution is -2.35. The van der Waals surface area contributed by atoms with Crippen LogP contribution in [-0.4, -0.2) is 23.5 Å². The lowest BCUT2D eigenvalue weighted by atomic mass is 9.99. The van der Waals surface area contributed by atoms with Crippen LogP contribution in [0.25, 0.3) is 0 Å². The van der Waals surface area contributed by atoms with Gasteiger partial charge in [-0.05, 0) is 25.2 Å². The summed E-state index contributed by atoms with van der Waals surface area (Å²) < 4.78 is 0. The number of hydrogen-bond donors (Lipinski definition) is 1. The Balaban J connectivity index is 2.36. The molecule has 0 bridgehead atoms. The van der Waals surface area contributed by atoms with Crippen molar-refractivity contribution in [3.63, 3.8) is 0 Å². The number of nitrogens with zero attached hydrogens (tertiary/aromatic N) is 1. The normalized spacial score (nSPS) is 27.8. The van der Waals surface area contributed by atoms with Gasteiger partial charge >= 0.3 is 0 Å². The van der Waals surface area contributed by atoms with E-state index in [0.29, 0.717) is 12.0 Å². The first-order valence-corrected chi connectivity index (χ1v) is 6.52. The quantitative estimate of drug-likeness (QED) is 0.781. The van der Waals surface area contributed by atoms with E-state index in [1.54, 1.807) is 0 Å². The third kappa shape index (κ3) is 3.91. The Kier molecular flexibility index (Phi) is 4.79. The fraction of sp³-hybridized carbons (Fsp3) is 0.909. The minimum absolute atomic E-state index is 0.601. The Morgan fingerprint density at radius 1 is 1.50 bits per heavy atom. The number of rotatable bonds is 3. The first-order chi connectivity index (χ1) is 6.59. The standard InChI is InChI=1S/C11H22N2S/c1-8(2)9(3)7-12-11-13-10(4)5-6-14-11/h8-10H,5-7H2,1-4H3,(H,12,13). The molecule has 1 saturated heterocycles. The van der Waals surface area contributed by atoms with Gasteiger partial charge in [0.25, 0.3) is 0 Å². The number of nitrogens with one attached hydrogen (secondary N) is 1. The second-order valence-corrected chi connectivity index (χ2v) is 5.63. The molecular formula is C11H22N2S. The third-order valence-corrected chi connectivity index (χ3v) is 3.78. The van der Waals surface area contributed by atoms with Gasteiger partial charge in [-0.1, -0.05) is 32.5 Å². The molecule has 2 nitrogen and oxygen atoms in total. The molecule has 1 N–H and O–H groups in total. The summed E-state index contributed by atoms with van der Waals surface area (Å²) in [6, 6.07) is 0.601. The molecule has 1 aliphatic rings. The molecule has 1 heterocycles. The largest absolute Gasteiger partial charge is 0.362 e. The van der Waals surface area contributed by atoms with E-state index in [1.165, 1.54) is 12.2 Å². The van der Waals surface area contributed by atoms with E-state index in [-0.39, 0.29) is 0 Å². The maximum absolute atomic E-state index is 4.62. The van der Waals surface area contributed by atoms with Crippen molar-refractivity contribution < 1.29 is 0 Å². The highest BCUT2D eigenvalue weighted by Gasteiger charge is 2.13. The van der Waals surface area contributed by atoms with Crippen molar-refractivity contribution in [1.82, 2.24) is 5.32 Å². The maximum atomic E-state index is 4.62. The van der Waals surface area contributed by atoms with E-state index in [4.69, 9.17) is 0 Å². The molecule has 82 valence electrons. The van der Waals surface area contributed by atoms with Crippen LogP contribution in [0.4, 0.5) is 0 Å². The zero-order valence-electron chi connectivity index (χ0n) is 9.71. The summed E-state index contributed by atoms with van der Waals surface area (Å²) in [5.74, 6) is 2.62. The van der Waals surface area contributed by atoms with E-state index in [1.807, 2.05) is 11.8 Å².